The van der Waals surface area contributed by atoms with Gasteiger partial charge in [-0.2, -0.15) is 0 Å². The van der Waals surface area contributed by atoms with Crippen LogP contribution in [0.3, 0.4) is 0 Å². The van der Waals surface area contributed by atoms with Gasteiger partial charge in [-0.05, 0) is 36.5 Å². The van der Waals surface area contributed by atoms with E-state index in [1.54, 1.807) is 6.07 Å². The molecule has 1 aromatic rings. The maximum absolute atomic E-state index is 13.5. The number of carbonyl (C=O) groups is 1. The third-order valence-electron chi connectivity index (χ3n) is 2.24. The molecule has 0 unspecified atom stereocenters. The molecule has 0 heterocycles. The Hall–Kier alpha value is -0.890. The Labute approximate surface area is 80.5 Å². The fourth-order valence-corrected chi connectivity index (χ4v) is 1.64. The van der Waals surface area contributed by atoms with Crippen molar-refractivity contribution >= 4 is 17.9 Å². The number of rotatable bonds is 2. The minimum Gasteiger partial charge on any atom is -0.298 e. The highest BCUT2D eigenvalue weighted by atomic mass is 35.5. The maximum Gasteiger partial charge on any atom is 0.153 e. The second-order valence-electron chi connectivity index (χ2n) is 3.29. The molecule has 1 aliphatic rings. The smallest absolute Gasteiger partial charge is 0.153 e. The third kappa shape index (κ3) is 1.59. The van der Waals surface area contributed by atoms with Gasteiger partial charge in [0.2, 0.25) is 0 Å². The van der Waals surface area contributed by atoms with Crippen molar-refractivity contribution in [3.8, 4) is 0 Å². The van der Waals surface area contributed by atoms with Gasteiger partial charge in [0.15, 0.2) is 6.29 Å². The number of benzene rings is 1. The van der Waals surface area contributed by atoms with Gasteiger partial charge in [0, 0.05) is 5.02 Å². The summed E-state index contributed by atoms with van der Waals surface area (Å²) in [5.74, 6) is -0.126. The summed E-state index contributed by atoms with van der Waals surface area (Å²) in [6, 6.07) is 2.97. The van der Waals surface area contributed by atoms with Crippen LogP contribution in [0.1, 0.15) is 34.7 Å². The molecule has 1 fully saturated rings. The van der Waals surface area contributed by atoms with E-state index in [-0.39, 0.29) is 11.5 Å². The molecule has 1 aromatic carbocycles. The lowest BCUT2D eigenvalue weighted by atomic mass is 10.1. The summed E-state index contributed by atoms with van der Waals surface area (Å²) >= 11 is 5.75. The Bertz CT molecular complexity index is 358. The van der Waals surface area contributed by atoms with Crippen LogP contribution in [0.5, 0.6) is 0 Å². The van der Waals surface area contributed by atoms with Crippen molar-refractivity contribution in [2.75, 3.05) is 0 Å². The van der Waals surface area contributed by atoms with E-state index in [1.807, 2.05) is 0 Å². The van der Waals surface area contributed by atoms with E-state index in [9.17, 15) is 9.18 Å². The number of hydrogen-bond acceptors (Lipinski definition) is 1. The largest absolute Gasteiger partial charge is 0.298 e. The molecule has 13 heavy (non-hydrogen) atoms. The Kier molecular flexibility index (Phi) is 2.08. The van der Waals surface area contributed by atoms with E-state index < -0.39 is 5.82 Å². The summed E-state index contributed by atoms with van der Waals surface area (Å²) in [6.45, 7) is 0. The second-order valence-corrected chi connectivity index (χ2v) is 3.73. The average molecular weight is 199 g/mol. The number of hydrogen-bond donors (Lipinski definition) is 0. The molecule has 0 aliphatic heterocycles. The molecule has 1 saturated carbocycles. The highest BCUT2D eigenvalue weighted by Gasteiger charge is 2.27. The first-order valence-corrected chi connectivity index (χ1v) is 4.54. The van der Waals surface area contributed by atoms with Crippen LogP contribution in [0, 0.1) is 5.82 Å². The minimum atomic E-state index is -0.401. The predicted octanol–water partition coefficient (Wildman–Crippen LogP) is 3.17. The highest BCUT2D eigenvalue weighted by molar-refractivity contribution is 6.30. The zero-order valence-corrected chi connectivity index (χ0v) is 7.64. The van der Waals surface area contributed by atoms with Crippen molar-refractivity contribution in [2.24, 2.45) is 0 Å². The second kappa shape index (κ2) is 3.11. The lowest BCUT2D eigenvalue weighted by Gasteiger charge is -2.03. The van der Waals surface area contributed by atoms with E-state index >= 15 is 0 Å². The first kappa shape index (κ1) is 8.70. The van der Waals surface area contributed by atoms with Crippen LogP contribution >= 0.6 is 11.6 Å². The fourth-order valence-electron chi connectivity index (χ4n) is 1.41. The Morgan fingerprint density at radius 2 is 2.15 bits per heavy atom. The van der Waals surface area contributed by atoms with E-state index in [0.717, 1.165) is 12.8 Å². The van der Waals surface area contributed by atoms with Crippen LogP contribution < -0.4 is 0 Å². The van der Waals surface area contributed by atoms with Crippen molar-refractivity contribution in [3.05, 3.63) is 34.1 Å². The Morgan fingerprint density at radius 1 is 1.46 bits per heavy atom. The van der Waals surface area contributed by atoms with Crippen LogP contribution in [-0.4, -0.2) is 6.29 Å². The molecule has 0 atom stereocenters. The van der Waals surface area contributed by atoms with E-state index in [0.29, 0.717) is 16.9 Å². The average Bonchev–Trinajstić information content (AvgIpc) is 2.91. The first-order valence-electron chi connectivity index (χ1n) is 4.16. The quantitative estimate of drug-likeness (QED) is 0.668. The molecule has 0 bridgehead atoms. The van der Waals surface area contributed by atoms with Gasteiger partial charge in [0.05, 0.1) is 5.56 Å². The Balaban J connectivity index is 2.53. The third-order valence-corrected chi connectivity index (χ3v) is 2.46. The summed E-state index contributed by atoms with van der Waals surface area (Å²) in [5, 5.41) is 0.436. The van der Waals surface area contributed by atoms with Gasteiger partial charge in [-0.25, -0.2) is 4.39 Å². The zero-order valence-electron chi connectivity index (χ0n) is 6.89. The standard InChI is InChI=1S/C10H8ClFO/c11-8-3-7(5-13)10(12)9(4-8)6-1-2-6/h3-6H,1-2H2. The molecule has 3 heteroatoms. The van der Waals surface area contributed by atoms with Crippen molar-refractivity contribution in [2.45, 2.75) is 18.8 Å². The molecule has 0 N–H and O–H groups in total. The lowest BCUT2D eigenvalue weighted by Crippen LogP contribution is -1.94. The maximum atomic E-state index is 13.5. The predicted molar refractivity (Wildman–Crippen MR) is 48.8 cm³/mol. The van der Waals surface area contributed by atoms with Crippen LogP contribution in [0.4, 0.5) is 4.39 Å². The molecule has 68 valence electrons. The normalized spacial score (nSPS) is 15.8. The lowest BCUT2D eigenvalue weighted by molar-refractivity contribution is 0.111. The van der Waals surface area contributed by atoms with Crippen LogP contribution in [-0.2, 0) is 0 Å². The highest BCUT2D eigenvalue weighted by Crippen LogP contribution is 2.42. The Morgan fingerprint density at radius 3 is 2.69 bits per heavy atom. The summed E-state index contributed by atoms with van der Waals surface area (Å²) in [6.07, 6.45) is 2.50. The molecule has 1 nitrogen and oxygen atoms in total. The van der Waals surface area contributed by atoms with Gasteiger partial charge in [0.25, 0.3) is 0 Å². The van der Waals surface area contributed by atoms with Crippen molar-refractivity contribution in [3.63, 3.8) is 0 Å². The van der Waals surface area contributed by atoms with Crippen molar-refractivity contribution in [1.82, 2.24) is 0 Å². The van der Waals surface area contributed by atoms with Gasteiger partial charge in [-0.15, -0.1) is 0 Å². The number of halogens is 2. The SMILES string of the molecule is O=Cc1cc(Cl)cc(C2CC2)c1F. The molecular weight excluding hydrogens is 191 g/mol. The van der Waals surface area contributed by atoms with Crippen LogP contribution in [0.15, 0.2) is 12.1 Å². The van der Waals surface area contributed by atoms with Gasteiger partial charge in [-0.3, -0.25) is 4.79 Å². The van der Waals surface area contributed by atoms with Gasteiger partial charge in [-0.1, -0.05) is 11.6 Å². The summed E-state index contributed by atoms with van der Waals surface area (Å²) in [5.41, 5.74) is 0.656. The molecule has 0 spiro atoms. The van der Waals surface area contributed by atoms with Crippen molar-refractivity contribution < 1.29 is 9.18 Å². The van der Waals surface area contributed by atoms with E-state index in [2.05, 4.69) is 0 Å². The van der Waals surface area contributed by atoms with E-state index in [1.165, 1.54) is 6.07 Å². The topological polar surface area (TPSA) is 17.1 Å². The molecule has 2 rings (SSSR count). The fraction of sp³-hybridized carbons (Fsp3) is 0.300. The number of aldehydes is 1. The monoisotopic (exact) mass is 198 g/mol. The van der Waals surface area contributed by atoms with Crippen LogP contribution in [0.25, 0.3) is 0 Å². The van der Waals surface area contributed by atoms with Gasteiger partial charge < -0.3 is 0 Å². The van der Waals surface area contributed by atoms with Gasteiger partial charge in [0.1, 0.15) is 5.82 Å². The van der Waals surface area contributed by atoms with E-state index in [4.69, 9.17) is 11.6 Å². The first-order chi connectivity index (χ1) is 6.22. The summed E-state index contributed by atoms with van der Waals surface area (Å²) < 4.78 is 13.5. The summed E-state index contributed by atoms with van der Waals surface area (Å²) in [7, 11) is 0. The molecule has 0 radical (unpaired) electrons. The number of carbonyl (C=O) groups excluding carboxylic acids is 1. The van der Waals surface area contributed by atoms with Gasteiger partial charge >= 0.3 is 0 Å². The molecule has 0 aromatic heterocycles. The molecule has 0 saturated heterocycles. The summed E-state index contributed by atoms with van der Waals surface area (Å²) in [4.78, 5) is 10.5. The molecule has 0 amide bonds. The molecular formula is C10H8ClFO. The van der Waals surface area contributed by atoms with Crippen molar-refractivity contribution in [1.29, 1.82) is 0 Å². The van der Waals surface area contributed by atoms with Crippen LogP contribution in [0.2, 0.25) is 5.02 Å². The minimum absolute atomic E-state index is 0.0643. The zero-order chi connectivity index (χ0) is 9.42. The molecule has 1 aliphatic carbocycles.